The van der Waals surface area contributed by atoms with Gasteiger partial charge in [-0.3, -0.25) is 0 Å². The molecule has 0 aromatic carbocycles. The van der Waals surface area contributed by atoms with Crippen LogP contribution in [0.25, 0.3) is 0 Å². The Labute approximate surface area is 130 Å². The van der Waals surface area contributed by atoms with E-state index in [4.69, 9.17) is 0 Å². The van der Waals surface area contributed by atoms with E-state index in [9.17, 15) is 13.5 Å². The van der Waals surface area contributed by atoms with Gasteiger partial charge >= 0.3 is 0 Å². The van der Waals surface area contributed by atoms with Gasteiger partial charge in [-0.25, -0.2) is 8.42 Å². The van der Waals surface area contributed by atoms with E-state index in [0.717, 1.165) is 37.0 Å². The summed E-state index contributed by atoms with van der Waals surface area (Å²) in [5, 5.41) is 9.82. The third-order valence-electron chi connectivity index (χ3n) is 5.33. The molecule has 1 N–H and O–H groups in total. The van der Waals surface area contributed by atoms with Crippen molar-refractivity contribution in [3.05, 3.63) is 17.0 Å². The van der Waals surface area contributed by atoms with Gasteiger partial charge in [-0.1, -0.05) is 13.8 Å². The highest BCUT2D eigenvalue weighted by atomic mass is 32.2. The molecular formula is C15H23NO3S2. The van der Waals surface area contributed by atoms with Crippen LogP contribution in [0.3, 0.4) is 0 Å². The number of nitrogens with zero attached hydrogens (tertiary/aromatic N) is 1. The molecule has 2 saturated heterocycles. The van der Waals surface area contributed by atoms with Crippen LogP contribution in [0.2, 0.25) is 0 Å². The Balaban J connectivity index is 1.97. The molecule has 4 nitrogen and oxygen atoms in total. The van der Waals surface area contributed by atoms with Crippen LogP contribution >= 0.6 is 11.3 Å². The molecule has 0 amide bonds. The Kier molecular flexibility index (Phi) is 3.93. The van der Waals surface area contributed by atoms with E-state index in [1.807, 2.05) is 13.0 Å². The summed E-state index contributed by atoms with van der Waals surface area (Å²) in [6, 6.07) is 3.69. The maximum absolute atomic E-state index is 13.0. The van der Waals surface area contributed by atoms with Crippen LogP contribution in [0, 0.1) is 5.41 Å². The number of thiophene rings is 1. The number of aryl methyl sites for hydroxylation is 1. The maximum atomic E-state index is 13.0. The van der Waals surface area contributed by atoms with Crippen molar-refractivity contribution in [2.24, 2.45) is 5.41 Å². The summed E-state index contributed by atoms with van der Waals surface area (Å²) >= 11 is 1.38. The van der Waals surface area contributed by atoms with Gasteiger partial charge in [0, 0.05) is 22.4 Å². The smallest absolute Gasteiger partial charge is 0.253 e. The molecular weight excluding hydrogens is 306 g/mol. The number of hydrogen-bond acceptors (Lipinski definition) is 4. The van der Waals surface area contributed by atoms with Crippen LogP contribution in [0.5, 0.6) is 0 Å². The van der Waals surface area contributed by atoms with Gasteiger partial charge in [0.05, 0.1) is 6.61 Å². The Morgan fingerprint density at radius 3 is 2.67 bits per heavy atom. The second kappa shape index (κ2) is 5.33. The van der Waals surface area contributed by atoms with Gasteiger partial charge in [0.15, 0.2) is 0 Å². The van der Waals surface area contributed by atoms with E-state index in [0.29, 0.717) is 4.21 Å². The van der Waals surface area contributed by atoms with E-state index in [2.05, 4.69) is 6.92 Å². The van der Waals surface area contributed by atoms with E-state index < -0.39 is 10.0 Å². The molecule has 0 radical (unpaired) electrons. The topological polar surface area (TPSA) is 57.6 Å². The fourth-order valence-corrected chi connectivity index (χ4v) is 7.41. The van der Waals surface area contributed by atoms with E-state index in [-0.39, 0.29) is 24.1 Å². The maximum Gasteiger partial charge on any atom is 0.253 e. The normalized spacial score (nSPS) is 32.9. The van der Waals surface area contributed by atoms with Gasteiger partial charge < -0.3 is 5.11 Å². The molecule has 118 valence electrons. The molecule has 1 aromatic rings. The second-order valence-electron chi connectivity index (χ2n) is 6.23. The van der Waals surface area contributed by atoms with Crippen LogP contribution in [-0.4, -0.2) is 36.5 Å². The standard InChI is InChI=1S/C15H23NO3S2/c1-3-12-6-8-14(20-12)21(18,19)16-11-5-7-13(16)15(4-2,9-11)10-17/h6,8,11,13,17H,3-5,7,9-10H2,1-2H3/t11-,13+,15-/m0/s1. The zero-order valence-electron chi connectivity index (χ0n) is 12.6. The van der Waals surface area contributed by atoms with Crippen LogP contribution in [0.4, 0.5) is 0 Å². The minimum atomic E-state index is -3.41. The largest absolute Gasteiger partial charge is 0.396 e. The average molecular weight is 329 g/mol. The van der Waals surface area contributed by atoms with E-state index >= 15 is 0 Å². The fourth-order valence-electron chi connectivity index (χ4n) is 4.05. The number of fused-ring (bicyclic) bond motifs is 2. The molecule has 0 unspecified atom stereocenters. The van der Waals surface area contributed by atoms with Gasteiger partial charge in [-0.15, -0.1) is 11.3 Å². The zero-order valence-corrected chi connectivity index (χ0v) is 14.2. The van der Waals surface area contributed by atoms with Crippen LogP contribution in [0.15, 0.2) is 16.3 Å². The highest BCUT2D eigenvalue weighted by Gasteiger charge is 2.58. The predicted octanol–water partition coefficient (Wildman–Crippen LogP) is 2.62. The number of aliphatic hydroxyl groups is 1. The molecule has 2 fully saturated rings. The number of hydrogen-bond donors (Lipinski definition) is 1. The van der Waals surface area contributed by atoms with Crippen LogP contribution in [-0.2, 0) is 16.4 Å². The molecule has 3 rings (SSSR count). The Bertz CT molecular complexity index is 619. The molecule has 21 heavy (non-hydrogen) atoms. The third-order valence-corrected chi connectivity index (χ3v) is 8.98. The third kappa shape index (κ3) is 2.19. The molecule has 0 saturated carbocycles. The molecule has 0 aliphatic carbocycles. The number of aliphatic hydroxyl groups excluding tert-OH is 1. The highest BCUT2D eigenvalue weighted by Crippen LogP contribution is 2.53. The summed E-state index contributed by atoms with van der Waals surface area (Å²) in [5.74, 6) is 0. The van der Waals surface area contributed by atoms with Crippen LogP contribution in [0.1, 0.15) is 44.4 Å². The van der Waals surface area contributed by atoms with Crippen molar-refractivity contribution in [3.8, 4) is 0 Å². The summed E-state index contributed by atoms with van der Waals surface area (Å²) in [6.45, 7) is 4.18. The minimum absolute atomic E-state index is 0.0327. The molecule has 2 bridgehead atoms. The lowest BCUT2D eigenvalue weighted by molar-refractivity contribution is 0.0849. The first-order valence-corrected chi connectivity index (χ1v) is 9.97. The second-order valence-corrected chi connectivity index (χ2v) is 9.47. The monoisotopic (exact) mass is 329 g/mol. The van der Waals surface area contributed by atoms with Gasteiger partial charge in [-0.05, 0) is 44.2 Å². The zero-order chi connectivity index (χ0) is 15.3. The Morgan fingerprint density at radius 2 is 2.14 bits per heavy atom. The number of sulfonamides is 1. The number of rotatable bonds is 5. The summed E-state index contributed by atoms with van der Waals surface area (Å²) in [7, 11) is -3.41. The highest BCUT2D eigenvalue weighted by molar-refractivity contribution is 7.91. The molecule has 0 spiro atoms. The van der Waals surface area contributed by atoms with E-state index in [1.165, 1.54) is 11.3 Å². The van der Waals surface area contributed by atoms with Crippen molar-refractivity contribution in [3.63, 3.8) is 0 Å². The van der Waals surface area contributed by atoms with Crippen molar-refractivity contribution in [1.29, 1.82) is 0 Å². The van der Waals surface area contributed by atoms with Crippen molar-refractivity contribution in [1.82, 2.24) is 4.31 Å². The van der Waals surface area contributed by atoms with Crippen molar-refractivity contribution in [2.45, 2.75) is 62.2 Å². The molecule has 1 aromatic heterocycles. The van der Waals surface area contributed by atoms with Crippen molar-refractivity contribution >= 4 is 21.4 Å². The predicted molar refractivity (Wildman–Crippen MR) is 84.0 cm³/mol. The van der Waals surface area contributed by atoms with Gasteiger partial charge in [0.25, 0.3) is 10.0 Å². The average Bonchev–Trinajstić information content (AvgIpc) is 3.19. The van der Waals surface area contributed by atoms with Crippen molar-refractivity contribution < 1.29 is 13.5 Å². The first-order chi connectivity index (χ1) is 9.98. The summed E-state index contributed by atoms with van der Waals surface area (Å²) in [4.78, 5) is 1.10. The molecule has 2 aliphatic heterocycles. The minimum Gasteiger partial charge on any atom is -0.396 e. The quantitative estimate of drug-likeness (QED) is 0.903. The van der Waals surface area contributed by atoms with E-state index in [1.54, 1.807) is 10.4 Å². The lowest BCUT2D eigenvalue weighted by Gasteiger charge is -2.34. The van der Waals surface area contributed by atoms with Gasteiger partial charge in [-0.2, -0.15) is 4.31 Å². The SMILES string of the molecule is CCc1ccc(S(=O)(=O)N2[C@H]3CC[C@@H]2[C@](CC)(CO)C3)s1. The lowest BCUT2D eigenvalue weighted by Crippen LogP contribution is -2.42. The Hall–Kier alpha value is -0.430. The lowest BCUT2D eigenvalue weighted by atomic mass is 9.72. The molecule has 3 heterocycles. The molecule has 6 heteroatoms. The van der Waals surface area contributed by atoms with Crippen molar-refractivity contribution in [2.75, 3.05) is 6.61 Å². The molecule has 2 aliphatic rings. The fraction of sp³-hybridized carbons (Fsp3) is 0.733. The molecule has 3 atom stereocenters. The summed E-state index contributed by atoms with van der Waals surface area (Å²) in [6.07, 6.45) is 4.31. The van der Waals surface area contributed by atoms with Gasteiger partial charge in [0.2, 0.25) is 0 Å². The van der Waals surface area contributed by atoms with Crippen LogP contribution < -0.4 is 0 Å². The first kappa shape index (κ1) is 15.5. The first-order valence-electron chi connectivity index (χ1n) is 7.71. The Morgan fingerprint density at radius 1 is 1.38 bits per heavy atom. The van der Waals surface area contributed by atoms with Gasteiger partial charge in [0.1, 0.15) is 4.21 Å². The summed E-state index contributed by atoms with van der Waals surface area (Å²) in [5.41, 5.74) is -0.235. The summed E-state index contributed by atoms with van der Waals surface area (Å²) < 4.78 is 28.2.